The monoisotopic (exact) mass is 297 g/mol. The van der Waals surface area contributed by atoms with Crippen molar-refractivity contribution in [2.24, 2.45) is 0 Å². The number of rotatable bonds is 2. The third-order valence-corrected chi connectivity index (χ3v) is 3.68. The van der Waals surface area contributed by atoms with Crippen molar-refractivity contribution in [2.75, 3.05) is 10.6 Å². The van der Waals surface area contributed by atoms with E-state index < -0.39 is 6.04 Å². The topological polar surface area (TPSA) is 53.2 Å². The fraction of sp³-hybridized carbons (Fsp3) is 0.125. The standard InChI is InChI=1S/C16H15N3OS/c1-10-6-2-4-8-12(10)18-16(21)19-14-11-7-3-5-9-13(11)17-15(14)20/h2-9,14H,1H3,(H,17,20)(H2,18,19,21). The molecule has 1 aliphatic heterocycles. The van der Waals surface area contributed by atoms with E-state index >= 15 is 0 Å². The molecule has 4 nitrogen and oxygen atoms in total. The quantitative estimate of drug-likeness (QED) is 0.746. The first-order valence-electron chi connectivity index (χ1n) is 6.68. The van der Waals surface area contributed by atoms with Crippen LogP contribution in [0.1, 0.15) is 17.2 Å². The molecule has 106 valence electrons. The molecule has 3 N–H and O–H groups in total. The molecule has 1 aliphatic rings. The molecule has 5 heteroatoms. The lowest BCUT2D eigenvalue weighted by atomic mass is 10.1. The third-order valence-electron chi connectivity index (χ3n) is 3.46. The molecule has 1 atom stereocenters. The van der Waals surface area contributed by atoms with Crippen LogP contribution in [0, 0.1) is 6.92 Å². The number of carbonyl (C=O) groups excluding carboxylic acids is 1. The summed E-state index contributed by atoms with van der Waals surface area (Å²) in [6, 6.07) is 15.0. The molecule has 0 aliphatic carbocycles. The van der Waals surface area contributed by atoms with E-state index in [1.165, 1.54) is 0 Å². The Balaban J connectivity index is 1.74. The zero-order valence-corrected chi connectivity index (χ0v) is 12.3. The van der Waals surface area contributed by atoms with Crippen molar-refractivity contribution in [1.29, 1.82) is 0 Å². The van der Waals surface area contributed by atoms with Gasteiger partial charge in [0, 0.05) is 16.9 Å². The van der Waals surface area contributed by atoms with Gasteiger partial charge in [-0.2, -0.15) is 0 Å². The number of aryl methyl sites for hydroxylation is 1. The van der Waals surface area contributed by atoms with Crippen LogP contribution >= 0.6 is 12.2 Å². The largest absolute Gasteiger partial charge is 0.347 e. The molecule has 21 heavy (non-hydrogen) atoms. The van der Waals surface area contributed by atoms with E-state index in [9.17, 15) is 4.79 Å². The molecule has 0 saturated heterocycles. The highest BCUT2D eigenvalue weighted by Gasteiger charge is 2.30. The van der Waals surface area contributed by atoms with Gasteiger partial charge in [0.05, 0.1) is 0 Å². The summed E-state index contributed by atoms with van der Waals surface area (Å²) in [5, 5.41) is 9.47. The molecular weight excluding hydrogens is 282 g/mol. The van der Waals surface area contributed by atoms with Gasteiger partial charge in [-0.25, -0.2) is 0 Å². The molecule has 0 spiro atoms. The highest BCUT2D eigenvalue weighted by molar-refractivity contribution is 7.80. The zero-order chi connectivity index (χ0) is 14.8. The first-order chi connectivity index (χ1) is 10.1. The van der Waals surface area contributed by atoms with Gasteiger partial charge in [0.1, 0.15) is 6.04 Å². The van der Waals surface area contributed by atoms with Crippen LogP contribution in [0.15, 0.2) is 48.5 Å². The highest BCUT2D eigenvalue weighted by atomic mass is 32.1. The van der Waals surface area contributed by atoms with Crippen LogP contribution in [0.2, 0.25) is 0 Å². The second-order valence-electron chi connectivity index (χ2n) is 4.92. The predicted octanol–water partition coefficient (Wildman–Crippen LogP) is 2.97. The van der Waals surface area contributed by atoms with Crippen LogP contribution in [-0.4, -0.2) is 11.0 Å². The van der Waals surface area contributed by atoms with Crippen LogP contribution in [0.4, 0.5) is 11.4 Å². The Morgan fingerprint density at radius 2 is 1.86 bits per heavy atom. The Kier molecular flexibility index (Phi) is 3.58. The fourth-order valence-corrected chi connectivity index (χ4v) is 2.58. The van der Waals surface area contributed by atoms with Gasteiger partial charge >= 0.3 is 0 Å². The van der Waals surface area contributed by atoms with Gasteiger partial charge in [-0.3, -0.25) is 4.79 Å². The van der Waals surface area contributed by atoms with Crippen molar-refractivity contribution >= 4 is 34.6 Å². The first-order valence-corrected chi connectivity index (χ1v) is 7.09. The van der Waals surface area contributed by atoms with Gasteiger partial charge in [-0.15, -0.1) is 0 Å². The Morgan fingerprint density at radius 1 is 1.14 bits per heavy atom. The van der Waals surface area contributed by atoms with Crippen LogP contribution in [0.3, 0.4) is 0 Å². The average Bonchev–Trinajstić information content (AvgIpc) is 2.78. The summed E-state index contributed by atoms with van der Waals surface area (Å²) < 4.78 is 0. The van der Waals surface area contributed by atoms with Crippen LogP contribution in [0.5, 0.6) is 0 Å². The molecule has 0 fully saturated rings. The van der Waals surface area contributed by atoms with E-state index in [4.69, 9.17) is 12.2 Å². The summed E-state index contributed by atoms with van der Waals surface area (Å²) in [6.45, 7) is 2.00. The molecule has 0 aromatic heterocycles. The van der Waals surface area contributed by atoms with Gasteiger partial charge in [-0.05, 0) is 36.8 Å². The van der Waals surface area contributed by atoms with E-state index in [0.29, 0.717) is 5.11 Å². The summed E-state index contributed by atoms with van der Waals surface area (Å²) in [5.41, 5.74) is 3.77. The number of nitrogens with one attached hydrogen (secondary N) is 3. The Morgan fingerprint density at radius 3 is 2.67 bits per heavy atom. The van der Waals surface area contributed by atoms with Gasteiger partial charge in [-0.1, -0.05) is 36.4 Å². The highest BCUT2D eigenvalue weighted by Crippen LogP contribution is 2.30. The Bertz CT molecular complexity index is 714. The number of fused-ring (bicyclic) bond motifs is 1. The zero-order valence-electron chi connectivity index (χ0n) is 11.5. The molecule has 1 heterocycles. The average molecular weight is 297 g/mol. The number of hydrogen-bond donors (Lipinski definition) is 3. The maximum Gasteiger partial charge on any atom is 0.251 e. The van der Waals surface area contributed by atoms with Crippen molar-refractivity contribution in [1.82, 2.24) is 5.32 Å². The maximum absolute atomic E-state index is 12.0. The lowest BCUT2D eigenvalue weighted by Crippen LogP contribution is -2.35. The second kappa shape index (κ2) is 5.54. The molecule has 3 rings (SSSR count). The third kappa shape index (κ3) is 2.73. The summed E-state index contributed by atoms with van der Waals surface area (Å²) in [4.78, 5) is 12.0. The lowest BCUT2D eigenvalue weighted by molar-refractivity contribution is -0.117. The molecule has 1 amide bonds. The van der Waals surface area contributed by atoms with Crippen molar-refractivity contribution in [2.45, 2.75) is 13.0 Å². The van der Waals surface area contributed by atoms with E-state index in [-0.39, 0.29) is 5.91 Å². The molecule has 2 aromatic rings. The maximum atomic E-state index is 12.0. The van der Waals surface area contributed by atoms with Gasteiger partial charge < -0.3 is 16.0 Å². The van der Waals surface area contributed by atoms with Crippen LogP contribution in [-0.2, 0) is 4.79 Å². The minimum Gasteiger partial charge on any atom is -0.347 e. The van der Waals surface area contributed by atoms with Crippen molar-refractivity contribution < 1.29 is 4.79 Å². The Hall–Kier alpha value is -2.40. The first kappa shape index (κ1) is 13.6. The number of amides is 1. The second-order valence-corrected chi connectivity index (χ2v) is 5.33. The summed E-state index contributed by atoms with van der Waals surface area (Å²) in [7, 11) is 0. The number of thiocarbonyl (C=S) groups is 1. The van der Waals surface area contributed by atoms with Crippen molar-refractivity contribution in [3.8, 4) is 0 Å². The van der Waals surface area contributed by atoms with Crippen LogP contribution in [0.25, 0.3) is 0 Å². The number of benzene rings is 2. The summed E-state index contributed by atoms with van der Waals surface area (Å²) in [6.07, 6.45) is 0. The lowest BCUT2D eigenvalue weighted by Gasteiger charge is -2.16. The van der Waals surface area contributed by atoms with E-state index in [0.717, 1.165) is 22.5 Å². The van der Waals surface area contributed by atoms with Gasteiger partial charge in [0.2, 0.25) is 0 Å². The molecule has 0 saturated carbocycles. The molecular formula is C16H15N3OS. The van der Waals surface area contributed by atoms with E-state index in [1.54, 1.807) is 0 Å². The van der Waals surface area contributed by atoms with E-state index in [1.807, 2.05) is 55.5 Å². The van der Waals surface area contributed by atoms with E-state index in [2.05, 4.69) is 16.0 Å². The van der Waals surface area contributed by atoms with Gasteiger partial charge in [0.15, 0.2) is 5.11 Å². The fourth-order valence-electron chi connectivity index (χ4n) is 2.35. The minimum atomic E-state index is -0.454. The van der Waals surface area contributed by atoms with Crippen molar-refractivity contribution in [3.63, 3.8) is 0 Å². The molecule has 2 aromatic carbocycles. The molecule has 0 radical (unpaired) electrons. The normalized spacial score (nSPS) is 16.0. The Labute approximate surface area is 128 Å². The molecule has 1 unspecified atom stereocenters. The number of anilines is 2. The van der Waals surface area contributed by atoms with Gasteiger partial charge in [0.25, 0.3) is 5.91 Å². The summed E-state index contributed by atoms with van der Waals surface area (Å²) >= 11 is 5.31. The van der Waals surface area contributed by atoms with Crippen LogP contribution < -0.4 is 16.0 Å². The summed E-state index contributed by atoms with van der Waals surface area (Å²) in [5.74, 6) is -0.0925. The smallest absolute Gasteiger partial charge is 0.251 e. The van der Waals surface area contributed by atoms with Crippen molar-refractivity contribution in [3.05, 3.63) is 59.7 Å². The number of carbonyl (C=O) groups is 1. The number of hydrogen-bond acceptors (Lipinski definition) is 2. The molecule has 0 bridgehead atoms. The predicted molar refractivity (Wildman–Crippen MR) is 88.3 cm³/mol. The SMILES string of the molecule is Cc1ccccc1NC(=S)NC1C(=O)Nc2ccccc21. The minimum absolute atomic E-state index is 0.0925. The number of para-hydroxylation sites is 2.